The summed E-state index contributed by atoms with van der Waals surface area (Å²) in [6.07, 6.45) is 0. The summed E-state index contributed by atoms with van der Waals surface area (Å²) in [6, 6.07) is 17.8. The van der Waals surface area contributed by atoms with Crippen molar-refractivity contribution < 1.29 is 9.59 Å². The zero-order valence-corrected chi connectivity index (χ0v) is 15.4. The third kappa shape index (κ3) is 4.87. The number of thioether (sulfide) groups is 1. The molecule has 26 heavy (non-hydrogen) atoms. The van der Waals surface area contributed by atoms with Crippen LogP contribution in [0.1, 0.15) is 15.2 Å². The van der Waals surface area contributed by atoms with E-state index in [1.807, 2.05) is 35.7 Å². The van der Waals surface area contributed by atoms with E-state index in [4.69, 9.17) is 5.73 Å². The predicted molar refractivity (Wildman–Crippen MR) is 108 cm³/mol. The van der Waals surface area contributed by atoms with Crippen molar-refractivity contribution >= 4 is 46.4 Å². The molecule has 1 heterocycles. The maximum atomic E-state index is 12.6. The summed E-state index contributed by atoms with van der Waals surface area (Å²) in [5.41, 5.74) is 6.92. The van der Waals surface area contributed by atoms with Crippen molar-refractivity contribution in [2.75, 3.05) is 10.6 Å². The number of carbonyl (C=O) groups excluding carboxylic acids is 2. The van der Waals surface area contributed by atoms with Crippen LogP contribution in [0.3, 0.4) is 0 Å². The minimum Gasteiger partial charge on any atom is -0.351 e. The summed E-state index contributed by atoms with van der Waals surface area (Å²) in [7, 11) is 0. The first kappa shape index (κ1) is 18.0. The van der Waals surface area contributed by atoms with Crippen LogP contribution in [0.2, 0.25) is 0 Å². The molecular formula is C19H17N3O2S2. The fourth-order valence-corrected chi connectivity index (χ4v) is 4.12. The zero-order valence-electron chi connectivity index (χ0n) is 13.8. The lowest BCUT2D eigenvalue weighted by Crippen LogP contribution is -2.19. The van der Waals surface area contributed by atoms with E-state index in [1.54, 1.807) is 47.4 Å². The molecule has 0 saturated heterocycles. The van der Waals surface area contributed by atoms with Gasteiger partial charge in [0.25, 0.3) is 5.91 Å². The van der Waals surface area contributed by atoms with Crippen LogP contribution in [0, 0.1) is 0 Å². The number of hydrogen-bond donors (Lipinski definition) is 3. The Hall–Kier alpha value is -2.77. The maximum absolute atomic E-state index is 12.6. The number of amides is 3. The van der Waals surface area contributed by atoms with Gasteiger partial charge in [0.2, 0.25) is 0 Å². The van der Waals surface area contributed by atoms with E-state index in [2.05, 4.69) is 16.7 Å². The molecule has 5 nitrogen and oxygen atoms in total. The second-order valence-corrected chi connectivity index (χ2v) is 7.43. The van der Waals surface area contributed by atoms with Gasteiger partial charge in [0.15, 0.2) is 0 Å². The smallest absolute Gasteiger partial charge is 0.316 e. The van der Waals surface area contributed by atoms with Gasteiger partial charge in [-0.15, -0.1) is 23.1 Å². The van der Waals surface area contributed by atoms with E-state index >= 15 is 0 Å². The average molecular weight is 383 g/mol. The lowest BCUT2D eigenvalue weighted by Gasteiger charge is -2.10. The molecule has 4 N–H and O–H groups in total. The Kier molecular flexibility index (Phi) is 5.93. The molecule has 3 rings (SSSR count). The molecule has 3 aromatic rings. The van der Waals surface area contributed by atoms with Crippen molar-refractivity contribution in [1.82, 2.24) is 0 Å². The standard InChI is InChI=1S/C19H17N3O2S2/c20-19(24)22-14-9-7-13(8-10-14)21-18(23)16-5-1-2-6-17(16)26-12-15-4-3-11-25-15/h1-11H,12H2,(H,21,23)(H3,20,22,24). The number of anilines is 2. The molecule has 2 aromatic carbocycles. The van der Waals surface area contributed by atoms with Crippen LogP contribution in [0.15, 0.2) is 70.9 Å². The van der Waals surface area contributed by atoms with Gasteiger partial charge in [-0.05, 0) is 47.8 Å². The highest BCUT2D eigenvalue weighted by Gasteiger charge is 2.12. The lowest BCUT2D eigenvalue weighted by molar-refractivity contribution is 0.102. The Morgan fingerprint density at radius 3 is 2.27 bits per heavy atom. The molecule has 0 aliphatic carbocycles. The van der Waals surface area contributed by atoms with Gasteiger partial charge >= 0.3 is 6.03 Å². The normalized spacial score (nSPS) is 10.3. The maximum Gasteiger partial charge on any atom is 0.316 e. The number of thiophene rings is 1. The van der Waals surface area contributed by atoms with Gasteiger partial charge < -0.3 is 16.4 Å². The van der Waals surface area contributed by atoms with Gasteiger partial charge in [0.1, 0.15) is 0 Å². The fraction of sp³-hybridized carbons (Fsp3) is 0.0526. The van der Waals surface area contributed by atoms with Crippen molar-refractivity contribution in [3.05, 3.63) is 76.5 Å². The monoisotopic (exact) mass is 383 g/mol. The van der Waals surface area contributed by atoms with Crippen LogP contribution in [-0.4, -0.2) is 11.9 Å². The molecule has 1 aromatic heterocycles. The van der Waals surface area contributed by atoms with Gasteiger partial charge in [0.05, 0.1) is 5.56 Å². The highest BCUT2D eigenvalue weighted by Crippen LogP contribution is 2.28. The van der Waals surface area contributed by atoms with Crippen LogP contribution in [-0.2, 0) is 5.75 Å². The van der Waals surface area contributed by atoms with Crippen LogP contribution < -0.4 is 16.4 Å². The molecule has 0 bridgehead atoms. The number of carbonyl (C=O) groups is 2. The number of urea groups is 1. The van der Waals surface area contributed by atoms with Crippen molar-refractivity contribution in [3.63, 3.8) is 0 Å². The van der Waals surface area contributed by atoms with Crippen molar-refractivity contribution in [2.24, 2.45) is 5.73 Å². The molecule has 0 unspecified atom stereocenters. The fourth-order valence-electron chi connectivity index (χ4n) is 2.30. The highest BCUT2D eigenvalue weighted by molar-refractivity contribution is 7.98. The summed E-state index contributed by atoms with van der Waals surface area (Å²) in [5, 5.41) is 7.41. The largest absolute Gasteiger partial charge is 0.351 e. The van der Waals surface area contributed by atoms with E-state index in [-0.39, 0.29) is 5.91 Å². The van der Waals surface area contributed by atoms with Gasteiger partial charge in [-0.3, -0.25) is 4.79 Å². The van der Waals surface area contributed by atoms with Crippen LogP contribution in [0.25, 0.3) is 0 Å². The summed E-state index contributed by atoms with van der Waals surface area (Å²) in [6.45, 7) is 0. The number of primary amides is 1. The summed E-state index contributed by atoms with van der Waals surface area (Å²) >= 11 is 3.35. The van der Waals surface area contributed by atoms with Gasteiger partial charge in [0, 0.05) is 26.9 Å². The Balaban J connectivity index is 1.68. The molecule has 0 spiro atoms. The van der Waals surface area contributed by atoms with Crippen LogP contribution >= 0.6 is 23.1 Å². The number of nitrogens with two attached hydrogens (primary N) is 1. The molecular weight excluding hydrogens is 366 g/mol. The van der Waals surface area contributed by atoms with Crippen LogP contribution in [0.4, 0.5) is 16.2 Å². The summed E-state index contributed by atoms with van der Waals surface area (Å²) in [5.74, 6) is 0.657. The molecule has 132 valence electrons. The first-order chi connectivity index (χ1) is 12.6. The number of benzene rings is 2. The zero-order chi connectivity index (χ0) is 18.4. The van der Waals surface area contributed by atoms with Gasteiger partial charge in [-0.25, -0.2) is 4.79 Å². The predicted octanol–water partition coefficient (Wildman–Crippen LogP) is 4.78. The van der Waals surface area contributed by atoms with E-state index in [0.29, 0.717) is 16.9 Å². The molecule has 0 atom stereocenters. The number of rotatable bonds is 6. The molecule has 0 saturated carbocycles. The minimum absolute atomic E-state index is 0.171. The topological polar surface area (TPSA) is 84.2 Å². The van der Waals surface area contributed by atoms with E-state index in [9.17, 15) is 9.59 Å². The molecule has 3 amide bonds. The third-order valence-corrected chi connectivity index (χ3v) is 5.67. The van der Waals surface area contributed by atoms with Crippen molar-refractivity contribution in [2.45, 2.75) is 10.6 Å². The SMILES string of the molecule is NC(=O)Nc1ccc(NC(=O)c2ccccc2SCc2cccs2)cc1. The lowest BCUT2D eigenvalue weighted by atomic mass is 10.2. The Labute approximate surface area is 159 Å². The van der Waals surface area contributed by atoms with E-state index in [1.165, 1.54) is 4.88 Å². The third-order valence-electron chi connectivity index (χ3n) is 3.49. The Bertz CT molecular complexity index is 893. The molecule has 0 aliphatic heterocycles. The minimum atomic E-state index is -0.626. The quantitative estimate of drug-likeness (QED) is 0.535. The summed E-state index contributed by atoms with van der Waals surface area (Å²) in [4.78, 5) is 25.7. The number of nitrogens with one attached hydrogen (secondary N) is 2. The Morgan fingerprint density at radius 2 is 1.62 bits per heavy atom. The van der Waals surface area contributed by atoms with Crippen LogP contribution in [0.5, 0.6) is 0 Å². The first-order valence-electron chi connectivity index (χ1n) is 7.84. The van der Waals surface area contributed by atoms with E-state index < -0.39 is 6.03 Å². The average Bonchev–Trinajstić information content (AvgIpc) is 3.15. The highest BCUT2D eigenvalue weighted by atomic mass is 32.2. The molecule has 0 fully saturated rings. The summed E-state index contributed by atoms with van der Waals surface area (Å²) < 4.78 is 0. The number of hydrogen-bond acceptors (Lipinski definition) is 4. The van der Waals surface area contributed by atoms with E-state index in [0.717, 1.165) is 10.6 Å². The molecule has 7 heteroatoms. The second kappa shape index (κ2) is 8.55. The molecule has 0 radical (unpaired) electrons. The molecule has 0 aliphatic rings. The van der Waals surface area contributed by atoms with Gasteiger partial charge in [-0.2, -0.15) is 0 Å². The van der Waals surface area contributed by atoms with Crippen molar-refractivity contribution in [1.29, 1.82) is 0 Å². The van der Waals surface area contributed by atoms with Crippen molar-refractivity contribution in [3.8, 4) is 0 Å². The second-order valence-electron chi connectivity index (χ2n) is 5.38. The van der Waals surface area contributed by atoms with Gasteiger partial charge in [-0.1, -0.05) is 18.2 Å². The first-order valence-corrected chi connectivity index (χ1v) is 9.70. The Morgan fingerprint density at radius 1 is 0.923 bits per heavy atom.